The summed E-state index contributed by atoms with van der Waals surface area (Å²) in [5.74, 6) is 0.635. The predicted molar refractivity (Wildman–Crippen MR) is 119 cm³/mol. The third kappa shape index (κ3) is 3.77. The molecule has 1 aliphatic rings. The van der Waals surface area contributed by atoms with Gasteiger partial charge in [-0.3, -0.25) is 9.83 Å². The van der Waals surface area contributed by atoms with Crippen LogP contribution in [0.1, 0.15) is 28.6 Å². The minimum absolute atomic E-state index is 0.0678. The van der Waals surface area contributed by atoms with Crippen molar-refractivity contribution in [3.05, 3.63) is 71.6 Å². The van der Waals surface area contributed by atoms with E-state index in [0.717, 1.165) is 11.8 Å². The van der Waals surface area contributed by atoms with Gasteiger partial charge in [0.15, 0.2) is 5.84 Å². The number of rotatable bonds is 4. The number of aromatic nitrogens is 4. The van der Waals surface area contributed by atoms with Gasteiger partial charge in [0.25, 0.3) is 0 Å². The first-order valence-corrected chi connectivity index (χ1v) is 10.4. The molecule has 0 aliphatic carbocycles. The summed E-state index contributed by atoms with van der Waals surface area (Å²) in [5.41, 5.74) is 4.89. The summed E-state index contributed by atoms with van der Waals surface area (Å²) in [4.78, 5) is 18.9. The number of pyridine rings is 1. The fourth-order valence-corrected chi connectivity index (χ4v) is 4.12. The molecule has 176 valence electrons. The number of hydrogen-bond acceptors (Lipinski definition) is 6. The van der Waals surface area contributed by atoms with E-state index in [1.807, 2.05) is 13.1 Å². The van der Waals surface area contributed by atoms with E-state index in [4.69, 9.17) is 9.57 Å². The number of fused-ring (bicyclic) bond motifs is 1. The molecule has 0 bridgehead atoms. The van der Waals surface area contributed by atoms with E-state index in [1.165, 1.54) is 13.2 Å². The van der Waals surface area contributed by atoms with Gasteiger partial charge >= 0.3 is 6.18 Å². The molecule has 8 nitrogen and oxygen atoms in total. The number of aliphatic imine (C=N–C) groups is 1. The maximum Gasteiger partial charge on any atom is 0.417 e. The number of benzene rings is 1. The van der Waals surface area contributed by atoms with Gasteiger partial charge in [-0.15, -0.1) is 0 Å². The number of methoxy groups -OCH3 is 1. The highest BCUT2D eigenvalue weighted by Crippen LogP contribution is 2.40. The topological polar surface area (TPSA) is 78.5 Å². The van der Waals surface area contributed by atoms with E-state index in [2.05, 4.69) is 20.4 Å². The fraction of sp³-hybridized carbons (Fsp3) is 0.261. The van der Waals surface area contributed by atoms with Crippen molar-refractivity contribution in [1.29, 1.82) is 0 Å². The standard InChI is InChI=1S/C23H21F3N6O2/c1-13-9-32(12-27-13)19-8-7-16(29-22(19)33-3)21-28-17(11-34-30-21)14-10-31(2)18-6-4-5-15(20(14)18)23(24,25)26/h4-10,12,17H,11H2,1-3H3,(H,28,30). The van der Waals surface area contributed by atoms with E-state index in [1.54, 1.807) is 46.9 Å². The SMILES string of the molecule is COc1nc(C2=NC(c3cn(C)c4cccc(C(F)(F)F)c34)CON2)ccc1-n1cnc(C)c1. The third-order valence-corrected chi connectivity index (χ3v) is 5.67. The Morgan fingerprint density at radius 3 is 2.71 bits per heavy atom. The van der Waals surface area contributed by atoms with Gasteiger partial charge in [0.05, 0.1) is 24.7 Å². The summed E-state index contributed by atoms with van der Waals surface area (Å²) in [6.45, 7) is 1.94. The smallest absolute Gasteiger partial charge is 0.417 e. The third-order valence-electron chi connectivity index (χ3n) is 5.67. The molecule has 0 saturated carbocycles. The van der Waals surface area contributed by atoms with Crippen LogP contribution < -0.4 is 10.2 Å². The lowest BCUT2D eigenvalue weighted by Gasteiger charge is -2.22. The van der Waals surface area contributed by atoms with Gasteiger partial charge in [-0.25, -0.2) is 15.4 Å². The number of ether oxygens (including phenoxy) is 1. The summed E-state index contributed by atoms with van der Waals surface area (Å²) < 4.78 is 50.2. The molecular weight excluding hydrogens is 449 g/mol. The number of nitrogens with zero attached hydrogens (tertiary/aromatic N) is 5. The number of aryl methyl sites for hydroxylation is 2. The van der Waals surface area contributed by atoms with Crippen LogP contribution in [-0.2, 0) is 18.1 Å². The zero-order valence-electron chi connectivity index (χ0n) is 18.6. The zero-order valence-corrected chi connectivity index (χ0v) is 18.6. The Morgan fingerprint density at radius 2 is 2.00 bits per heavy atom. The Morgan fingerprint density at radius 1 is 1.18 bits per heavy atom. The van der Waals surface area contributed by atoms with Crippen molar-refractivity contribution in [3.8, 4) is 11.6 Å². The molecular formula is C23H21F3N6O2. The number of amidine groups is 1. The summed E-state index contributed by atoms with van der Waals surface area (Å²) >= 11 is 0. The highest BCUT2D eigenvalue weighted by molar-refractivity contribution is 5.97. The number of hydrogen-bond donors (Lipinski definition) is 1. The van der Waals surface area contributed by atoms with Gasteiger partial charge in [0.2, 0.25) is 5.88 Å². The summed E-state index contributed by atoms with van der Waals surface area (Å²) in [6, 6.07) is 7.02. The maximum atomic E-state index is 13.8. The van der Waals surface area contributed by atoms with Crippen LogP contribution in [0.3, 0.4) is 0 Å². The van der Waals surface area contributed by atoms with E-state index >= 15 is 0 Å². The quantitative estimate of drug-likeness (QED) is 0.486. The average molecular weight is 470 g/mol. The molecule has 1 aliphatic heterocycles. The molecule has 1 atom stereocenters. The molecule has 11 heteroatoms. The van der Waals surface area contributed by atoms with Crippen LogP contribution in [0.15, 0.2) is 54.0 Å². The van der Waals surface area contributed by atoms with Crippen molar-refractivity contribution in [1.82, 2.24) is 24.6 Å². The second-order valence-corrected chi connectivity index (χ2v) is 7.95. The van der Waals surface area contributed by atoms with Crippen LogP contribution >= 0.6 is 0 Å². The first-order chi connectivity index (χ1) is 16.3. The number of halogens is 3. The highest BCUT2D eigenvalue weighted by atomic mass is 19.4. The molecule has 34 heavy (non-hydrogen) atoms. The van der Waals surface area contributed by atoms with Gasteiger partial charge < -0.3 is 13.9 Å². The van der Waals surface area contributed by atoms with Gasteiger partial charge in [0, 0.05) is 35.9 Å². The lowest BCUT2D eigenvalue weighted by Crippen LogP contribution is -2.33. The molecule has 0 fully saturated rings. The first-order valence-electron chi connectivity index (χ1n) is 10.4. The normalized spacial score (nSPS) is 16.4. The van der Waals surface area contributed by atoms with Crippen LogP contribution in [0.2, 0.25) is 0 Å². The molecule has 0 radical (unpaired) electrons. The largest absolute Gasteiger partial charge is 0.479 e. The zero-order chi connectivity index (χ0) is 24.0. The molecule has 4 heterocycles. The Bertz CT molecular complexity index is 1410. The molecule has 0 amide bonds. The molecule has 1 unspecified atom stereocenters. The fourth-order valence-electron chi connectivity index (χ4n) is 4.12. The minimum atomic E-state index is -4.49. The summed E-state index contributed by atoms with van der Waals surface area (Å²) in [7, 11) is 3.21. The Balaban J connectivity index is 1.57. The van der Waals surface area contributed by atoms with Gasteiger partial charge in [-0.1, -0.05) is 6.07 Å². The monoisotopic (exact) mass is 470 g/mol. The van der Waals surface area contributed by atoms with Crippen molar-refractivity contribution in [3.63, 3.8) is 0 Å². The predicted octanol–water partition coefficient (Wildman–Crippen LogP) is 4.12. The van der Waals surface area contributed by atoms with Crippen LogP contribution in [0.4, 0.5) is 13.2 Å². The Kier molecular flexibility index (Phi) is 5.28. The van der Waals surface area contributed by atoms with Crippen molar-refractivity contribution in [2.24, 2.45) is 12.0 Å². The second-order valence-electron chi connectivity index (χ2n) is 7.95. The number of hydroxylamine groups is 1. The van der Waals surface area contributed by atoms with E-state index < -0.39 is 17.8 Å². The van der Waals surface area contributed by atoms with E-state index in [9.17, 15) is 13.2 Å². The lowest BCUT2D eigenvalue weighted by atomic mass is 10.0. The van der Waals surface area contributed by atoms with E-state index in [-0.39, 0.29) is 12.0 Å². The van der Waals surface area contributed by atoms with Crippen LogP contribution in [0.25, 0.3) is 16.6 Å². The van der Waals surface area contributed by atoms with Gasteiger partial charge in [-0.05, 0) is 31.2 Å². The molecule has 0 saturated heterocycles. The van der Waals surface area contributed by atoms with Crippen molar-refractivity contribution < 1.29 is 22.7 Å². The molecule has 0 spiro atoms. The van der Waals surface area contributed by atoms with Crippen LogP contribution in [-0.4, -0.2) is 38.7 Å². The molecule has 3 aromatic heterocycles. The lowest BCUT2D eigenvalue weighted by molar-refractivity contribution is -0.136. The number of imidazole rings is 1. The van der Waals surface area contributed by atoms with Crippen molar-refractivity contribution in [2.75, 3.05) is 13.7 Å². The van der Waals surface area contributed by atoms with Crippen molar-refractivity contribution >= 4 is 16.7 Å². The molecule has 4 aromatic rings. The molecule has 1 aromatic carbocycles. The minimum Gasteiger partial charge on any atom is -0.479 e. The maximum absolute atomic E-state index is 13.8. The first kappa shape index (κ1) is 22.0. The van der Waals surface area contributed by atoms with Crippen LogP contribution in [0, 0.1) is 6.92 Å². The van der Waals surface area contributed by atoms with Crippen LogP contribution in [0.5, 0.6) is 5.88 Å². The second kappa shape index (κ2) is 8.17. The molecule has 5 rings (SSSR count). The number of alkyl halides is 3. The van der Waals surface area contributed by atoms with E-state index in [0.29, 0.717) is 34.2 Å². The Hall–Kier alpha value is -3.86. The van der Waals surface area contributed by atoms with Crippen molar-refractivity contribution in [2.45, 2.75) is 19.1 Å². The average Bonchev–Trinajstić information content (AvgIpc) is 3.41. The van der Waals surface area contributed by atoms with Gasteiger partial charge in [0.1, 0.15) is 24.0 Å². The van der Waals surface area contributed by atoms with Gasteiger partial charge in [-0.2, -0.15) is 13.2 Å². The Labute approximate surface area is 192 Å². The summed E-state index contributed by atoms with van der Waals surface area (Å²) in [6.07, 6.45) is 0.668. The summed E-state index contributed by atoms with van der Waals surface area (Å²) in [5, 5.41) is 0.118. The number of nitrogens with one attached hydrogen (secondary N) is 1. The molecule has 1 N–H and O–H groups in total. The highest BCUT2D eigenvalue weighted by Gasteiger charge is 2.35.